The van der Waals surface area contributed by atoms with Gasteiger partial charge in [-0.3, -0.25) is 9.59 Å². The van der Waals surface area contributed by atoms with Crippen LogP contribution in [0.5, 0.6) is 0 Å². The van der Waals surface area contributed by atoms with Gasteiger partial charge in [0, 0.05) is 24.8 Å². The number of allylic oxidation sites excluding steroid dienone is 2. The summed E-state index contributed by atoms with van der Waals surface area (Å²) in [7, 11) is 0. The maximum atomic E-state index is 11.5. The Morgan fingerprint density at radius 1 is 1.53 bits per heavy atom. The SMILES string of the molecule is CC(=O)O/C(C)=C1\CO[C@]2(C)C=CC(=O)C[C@H]12. The smallest absolute Gasteiger partial charge is 0.307 e. The summed E-state index contributed by atoms with van der Waals surface area (Å²) in [5.74, 6) is 0.293. The minimum Gasteiger partial charge on any atom is -0.432 e. The summed E-state index contributed by atoms with van der Waals surface area (Å²) in [6.45, 7) is 5.48. The van der Waals surface area contributed by atoms with Crippen molar-refractivity contribution in [2.24, 2.45) is 5.92 Å². The molecule has 1 aliphatic carbocycles. The molecular weight excluding hydrogens is 220 g/mol. The summed E-state index contributed by atoms with van der Waals surface area (Å²) in [4.78, 5) is 22.4. The van der Waals surface area contributed by atoms with Crippen LogP contribution in [0.2, 0.25) is 0 Å². The largest absolute Gasteiger partial charge is 0.432 e. The molecule has 4 nitrogen and oxygen atoms in total. The molecular formula is C13H16O4. The summed E-state index contributed by atoms with van der Waals surface area (Å²) in [5.41, 5.74) is 0.477. The van der Waals surface area contributed by atoms with Gasteiger partial charge in [0.1, 0.15) is 5.76 Å². The summed E-state index contributed by atoms with van der Waals surface area (Å²) >= 11 is 0. The average Bonchev–Trinajstić information content (AvgIpc) is 2.55. The number of ether oxygens (including phenoxy) is 2. The van der Waals surface area contributed by atoms with E-state index < -0.39 is 5.60 Å². The molecule has 0 aromatic carbocycles. The fourth-order valence-electron chi connectivity index (χ4n) is 2.43. The maximum Gasteiger partial charge on any atom is 0.307 e. The molecule has 17 heavy (non-hydrogen) atoms. The lowest BCUT2D eigenvalue weighted by atomic mass is 9.78. The Bertz CT molecular complexity index is 433. The molecule has 0 N–H and O–H groups in total. The Morgan fingerprint density at radius 2 is 2.24 bits per heavy atom. The lowest BCUT2D eigenvalue weighted by Gasteiger charge is -2.29. The number of carbonyl (C=O) groups excluding carboxylic acids is 2. The van der Waals surface area contributed by atoms with Crippen molar-refractivity contribution in [2.75, 3.05) is 6.61 Å². The summed E-state index contributed by atoms with van der Waals surface area (Å²) in [6, 6.07) is 0. The van der Waals surface area contributed by atoms with Gasteiger partial charge in [-0.15, -0.1) is 0 Å². The van der Waals surface area contributed by atoms with Crippen LogP contribution in [0.4, 0.5) is 0 Å². The van der Waals surface area contributed by atoms with Gasteiger partial charge in [-0.2, -0.15) is 0 Å². The van der Waals surface area contributed by atoms with Gasteiger partial charge in [-0.1, -0.05) is 0 Å². The lowest BCUT2D eigenvalue weighted by molar-refractivity contribution is -0.136. The van der Waals surface area contributed by atoms with Gasteiger partial charge in [-0.05, 0) is 26.0 Å². The molecule has 1 fully saturated rings. The molecule has 0 aromatic rings. The van der Waals surface area contributed by atoms with Gasteiger partial charge in [0.15, 0.2) is 5.78 Å². The van der Waals surface area contributed by atoms with Crippen molar-refractivity contribution in [1.82, 2.24) is 0 Å². The highest BCUT2D eigenvalue weighted by atomic mass is 16.5. The normalized spacial score (nSPS) is 34.5. The first-order chi connectivity index (χ1) is 7.92. The lowest BCUT2D eigenvalue weighted by Crippen LogP contribution is -2.34. The first kappa shape index (κ1) is 12.0. The fraction of sp³-hybridized carbons (Fsp3) is 0.538. The Morgan fingerprint density at radius 3 is 2.88 bits per heavy atom. The van der Waals surface area contributed by atoms with E-state index in [2.05, 4.69) is 0 Å². The van der Waals surface area contributed by atoms with E-state index in [4.69, 9.17) is 9.47 Å². The van der Waals surface area contributed by atoms with Crippen LogP contribution >= 0.6 is 0 Å². The van der Waals surface area contributed by atoms with Gasteiger partial charge < -0.3 is 9.47 Å². The highest BCUT2D eigenvalue weighted by Gasteiger charge is 2.45. The standard InChI is InChI=1S/C13H16O4/c1-8(17-9(2)14)11-7-16-13(3)5-4-10(15)6-12(11)13/h4-5,12H,6-7H2,1-3H3/b11-8+/t12-,13-/m1/s1. The molecule has 1 aliphatic heterocycles. The topological polar surface area (TPSA) is 52.6 Å². The van der Waals surface area contributed by atoms with Crippen molar-refractivity contribution in [1.29, 1.82) is 0 Å². The molecule has 2 rings (SSSR count). The summed E-state index contributed by atoms with van der Waals surface area (Å²) in [5, 5.41) is 0. The molecule has 2 aliphatic rings. The quantitative estimate of drug-likeness (QED) is 0.514. The van der Waals surface area contributed by atoms with E-state index in [9.17, 15) is 9.59 Å². The molecule has 0 amide bonds. The van der Waals surface area contributed by atoms with Crippen LogP contribution in [-0.4, -0.2) is 24.0 Å². The predicted octanol–water partition coefficient (Wildman–Crippen LogP) is 1.76. The van der Waals surface area contributed by atoms with E-state index in [1.54, 1.807) is 19.1 Å². The van der Waals surface area contributed by atoms with Crippen LogP contribution in [-0.2, 0) is 19.1 Å². The summed E-state index contributed by atoms with van der Waals surface area (Å²) in [6.07, 6.45) is 3.79. The average molecular weight is 236 g/mol. The molecule has 0 bridgehead atoms. The monoisotopic (exact) mass is 236 g/mol. The Labute approximate surface area is 100 Å². The number of rotatable bonds is 1. The second kappa shape index (κ2) is 4.11. The van der Waals surface area contributed by atoms with Gasteiger partial charge in [0.25, 0.3) is 0 Å². The van der Waals surface area contributed by atoms with Crippen molar-refractivity contribution >= 4 is 11.8 Å². The first-order valence-corrected chi connectivity index (χ1v) is 5.66. The predicted molar refractivity (Wildman–Crippen MR) is 61.1 cm³/mol. The van der Waals surface area contributed by atoms with Crippen molar-refractivity contribution in [3.05, 3.63) is 23.5 Å². The zero-order valence-corrected chi connectivity index (χ0v) is 10.3. The highest BCUT2D eigenvalue weighted by molar-refractivity contribution is 5.91. The number of esters is 1. The molecule has 0 spiro atoms. The van der Waals surface area contributed by atoms with E-state index in [0.29, 0.717) is 18.8 Å². The molecule has 2 atom stereocenters. The van der Waals surface area contributed by atoms with E-state index >= 15 is 0 Å². The Balaban J connectivity index is 2.32. The molecule has 92 valence electrons. The minimum atomic E-state index is -0.440. The molecule has 0 unspecified atom stereocenters. The van der Waals surface area contributed by atoms with Crippen molar-refractivity contribution < 1.29 is 19.1 Å². The Kier molecular flexibility index (Phi) is 2.91. The van der Waals surface area contributed by atoms with Gasteiger partial charge in [0.05, 0.1) is 12.2 Å². The Hall–Kier alpha value is -1.42. The third kappa shape index (κ3) is 2.17. The van der Waals surface area contributed by atoms with Crippen LogP contribution < -0.4 is 0 Å². The molecule has 0 aromatic heterocycles. The number of hydrogen-bond acceptors (Lipinski definition) is 4. The number of hydrogen-bond donors (Lipinski definition) is 0. The van der Waals surface area contributed by atoms with Crippen LogP contribution in [0.15, 0.2) is 23.5 Å². The zero-order chi connectivity index (χ0) is 12.6. The van der Waals surface area contributed by atoms with Crippen LogP contribution in [0.3, 0.4) is 0 Å². The third-order valence-corrected chi connectivity index (χ3v) is 3.41. The minimum absolute atomic E-state index is 0.0145. The van der Waals surface area contributed by atoms with E-state index in [1.807, 2.05) is 6.92 Å². The highest BCUT2D eigenvalue weighted by Crippen LogP contribution is 2.43. The van der Waals surface area contributed by atoms with E-state index in [0.717, 1.165) is 5.57 Å². The first-order valence-electron chi connectivity index (χ1n) is 5.66. The van der Waals surface area contributed by atoms with Crippen molar-refractivity contribution in [3.63, 3.8) is 0 Å². The molecule has 4 heteroatoms. The number of fused-ring (bicyclic) bond motifs is 1. The van der Waals surface area contributed by atoms with Crippen LogP contribution in [0.1, 0.15) is 27.2 Å². The van der Waals surface area contributed by atoms with Gasteiger partial charge in [0.2, 0.25) is 0 Å². The third-order valence-electron chi connectivity index (χ3n) is 3.41. The van der Waals surface area contributed by atoms with Crippen molar-refractivity contribution in [2.45, 2.75) is 32.8 Å². The fourth-order valence-corrected chi connectivity index (χ4v) is 2.43. The van der Waals surface area contributed by atoms with Crippen LogP contribution in [0, 0.1) is 5.92 Å². The summed E-state index contributed by atoms with van der Waals surface area (Å²) < 4.78 is 10.8. The molecule has 1 heterocycles. The zero-order valence-electron chi connectivity index (χ0n) is 10.3. The molecule has 1 saturated heterocycles. The van der Waals surface area contributed by atoms with E-state index in [-0.39, 0.29) is 17.7 Å². The van der Waals surface area contributed by atoms with Crippen molar-refractivity contribution in [3.8, 4) is 0 Å². The second-order valence-electron chi connectivity index (χ2n) is 4.70. The van der Waals surface area contributed by atoms with Gasteiger partial charge >= 0.3 is 5.97 Å². The maximum absolute atomic E-state index is 11.5. The number of carbonyl (C=O) groups is 2. The van der Waals surface area contributed by atoms with Crippen LogP contribution in [0.25, 0.3) is 0 Å². The van der Waals surface area contributed by atoms with E-state index in [1.165, 1.54) is 6.92 Å². The van der Waals surface area contributed by atoms with Gasteiger partial charge in [-0.25, -0.2) is 0 Å². The number of ketones is 1. The second-order valence-corrected chi connectivity index (χ2v) is 4.70. The molecule has 0 radical (unpaired) electrons. The molecule has 0 saturated carbocycles.